The average molecular weight is 325 g/mol. The van der Waals surface area contributed by atoms with Gasteiger partial charge in [-0.05, 0) is 51.6 Å². The van der Waals surface area contributed by atoms with E-state index in [2.05, 4.69) is 35.9 Å². The lowest BCUT2D eigenvalue weighted by Gasteiger charge is -2.37. The van der Waals surface area contributed by atoms with Crippen LogP contribution in [0.25, 0.3) is 0 Å². The summed E-state index contributed by atoms with van der Waals surface area (Å²) in [6.07, 6.45) is 4.65. The normalized spacial score (nSPS) is 27.2. The third-order valence-electron chi connectivity index (χ3n) is 5.72. The first-order chi connectivity index (χ1) is 11.1. The topological polar surface area (TPSA) is 38.8 Å². The minimum Gasteiger partial charge on any atom is -0.338 e. The van der Waals surface area contributed by atoms with Crippen molar-refractivity contribution in [3.05, 3.63) is 0 Å². The maximum atomic E-state index is 12.3. The molecule has 0 aromatic carbocycles. The van der Waals surface area contributed by atoms with Gasteiger partial charge in [-0.25, -0.2) is 4.79 Å². The Morgan fingerprint density at radius 2 is 1.74 bits per heavy atom. The maximum Gasteiger partial charge on any atom is 0.317 e. The van der Waals surface area contributed by atoms with Crippen LogP contribution in [0.3, 0.4) is 0 Å². The molecule has 23 heavy (non-hydrogen) atoms. The van der Waals surface area contributed by atoms with Crippen LogP contribution in [0.4, 0.5) is 4.79 Å². The van der Waals surface area contributed by atoms with Crippen molar-refractivity contribution in [2.45, 2.75) is 52.5 Å². The van der Waals surface area contributed by atoms with Crippen LogP contribution in [0, 0.1) is 5.92 Å². The highest BCUT2D eigenvalue weighted by Gasteiger charge is 2.27. The molecule has 1 N–H and O–H groups in total. The van der Waals surface area contributed by atoms with Crippen LogP contribution in [-0.4, -0.2) is 79.1 Å². The van der Waals surface area contributed by atoms with E-state index < -0.39 is 0 Å². The van der Waals surface area contributed by atoms with Gasteiger partial charge in [0.1, 0.15) is 0 Å². The lowest BCUT2D eigenvalue weighted by molar-refractivity contribution is 0.127. The van der Waals surface area contributed by atoms with Gasteiger partial charge in [-0.2, -0.15) is 0 Å². The van der Waals surface area contributed by atoms with Gasteiger partial charge in [0.2, 0.25) is 0 Å². The van der Waals surface area contributed by atoms with Gasteiger partial charge in [0.05, 0.1) is 0 Å². The second-order valence-corrected chi connectivity index (χ2v) is 7.27. The van der Waals surface area contributed by atoms with Gasteiger partial charge in [0, 0.05) is 45.3 Å². The predicted molar refractivity (Wildman–Crippen MR) is 95.8 cm³/mol. The van der Waals surface area contributed by atoms with Crippen LogP contribution in [-0.2, 0) is 0 Å². The molecule has 134 valence electrons. The van der Waals surface area contributed by atoms with Crippen LogP contribution in [0.1, 0.15) is 46.5 Å². The molecule has 5 heteroatoms. The van der Waals surface area contributed by atoms with Gasteiger partial charge >= 0.3 is 6.03 Å². The van der Waals surface area contributed by atoms with Gasteiger partial charge in [0.15, 0.2) is 0 Å². The summed E-state index contributed by atoms with van der Waals surface area (Å²) in [7, 11) is 0. The Morgan fingerprint density at radius 1 is 1.04 bits per heavy atom. The number of hydrogen-bond donors (Lipinski definition) is 1. The van der Waals surface area contributed by atoms with Crippen molar-refractivity contribution in [2.75, 3.05) is 52.4 Å². The Kier molecular flexibility index (Phi) is 7.63. The number of likely N-dealkylation sites (N-methyl/N-ethyl adjacent to an activating group) is 1. The Labute approximate surface area is 142 Å². The van der Waals surface area contributed by atoms with E-state index in [0.717, 1.165) is 25.9 Å². The van der Waals surface area contributed by atoms with Crippen LogP contribution in [0.5, 0.6) is 0 Å². The number of urea groups is 1. The summed E-state index contributed by atoms with van der Waals surface area (Å²) in [5, 5.41) is 3.12. The SMILES string of the molecule is CCN1CCN(CCCCNC(=O)N2CCC[C@H](C)[C@@H]2C)CC1. The summed E-state index contributed by atoms with van der Waals surface area (Å²) >= 11 is 0. The third-order valence-corrected chi connectivity index (χ3v) is 5.72. The molecule has 2 heterocycles. The fraction of sp³-hybridized carbons (Fsp3) is 0.944. The molecular weight excluding hydrogens is 288 g/mol. The van der Waals surface area contributed by atoms with Crippen molar-refractivity contribution in [1.82, 2.24) is 20.0 Å². The lowest BCUT2D eigenvalue weighted by Crippen LogP contribution is -2.50. The van der Waals surface area contributed by atoms with E-state index in [1.54, 1.807) is 0 Å². The first kappa shape index (κ1) is 18.5. The van der Waals surface area contributed by atoms with E-state index in [-0.39, 0.29) is 6.03 Å². The van der Waals surface area contributed by atoms with Gasteiger partial charge < -0.3 is 20.0 Å². The molecule has 2 saturated heterocycles. The zero-order chi connectivity index (χ0) is 16.7. The number of rotatable bonds is 6. The van der Waals surface area contributed by atoms with Gasteiger partial charge in [0.25, 0.3) is 0 Å². The van der Waals surface area contributed by atoms with Crippen molar-refractivity contribution in [2.24, 2.45) is 5.92 Å². The molecular formula is C18H36N4O. The lowest BCUT2D eigenvalue weighted by atomic mass is 9.92. The molecule has 2 rings (SSSR count). The molecule has 2 aliphatic rings. The van der Waals surface area contributed by atoms with E-state index >= 15 is 0 Å². The summed E-state index contributed by atoms with van der Waals surface area (Å²) in [5.74, 6) is 0.622. The second kappa shape index (κ2) is 9.48. The van der Waals surface area contributed by atoms with Crippen molar-refractivity contribution in [3.8, 4) is 0 Å². The van der Waals surface area contributed by atoms with Crippen molar-refractivity contribution in [1.29, 1.82) is 0 Å². The zero-order valence-electron chi connectivity index (χ0n) is 15.4. The number of likely N-dealkylation sites (tertiary alicyclic amines) is 1. The predicted octanol–water partition coefficient (Wildman–Crippen LogP) is 2.23. The Bertz CT molecular complexity index is 355. The quantitative estimate of drug-likeness (QED) is 0.762. The van der Waals surface area contributed by atoms with Gasteiger partial charge in [-0.1, -0.05) is 13.8 Å². The molecule has 0 spiro atoms. The highest BCUT2D eigenvalue weighted by atomic mass is 16.2. The minimum absolute atomic E-state index is 0.139. The number of amides is 2. The summed E-state index contributed by atoms with van der Waals surface area (Å²) in [6.45, 7) is 15.6. The molecule has 0 unspecified atom stereocenters. The van der Waals surface area contributed by atoms with Crippen LogP contribution in [0.15, 0.2) is 0 Å². The Morgan fingerprint density at radius 3 is 2.43 bits per heavy atom. The first-order valence-corrected chi connectivity index (χ1v) is 9.61. The standard InChI is InChI=1S/C18H36N4O/c1-4-20-12-14-21(15-13-20)10-6-5-9-19-18(23)22-11-7-8-16(2)17(22)3/h16-17H,4-15H2,1-3H3,(H,19,23)/t16-,17-/m0/s1. The Balaban J connectivity index is 1.54. The number of piperazine rings is 1. The average Bonchev–Trinajstić information content (AvgIpc) is 2.57. The highest BCUT2D eigenvalue weighted by molar-refractivity contribution is 5.74. The number of nitrogens with one attached hydrogen (secondary N) is 1. The number of piperidine rings is 1. The van der Waals surface area contributed by atoms with E-state index in [1.165, 1.54) is 52.1 Å². The van der Waals surface area contributed by atoms with Crippen LogP contribution >= 0.6 is 0 Å². The second-order valence-electron chi connectivity index (χ2n) is 7.27. The smallest absolute Gasteiger partial charge is 0.317 e. The fourth-order valence-electron chi connectivity index (χ4n) is 3.71. The minimum atomic E-state index is 0.139. The molecule has 2 aliphatic heterocycles. The van der Waals surface area contributed by atoms with Crippen molar-refractivity contribution < 1.29 is 4.79 Å². The fourth-order valence-corrected chi connectivity index (χ4v) is 3.71. The molecule has 0 bridgehead atoms. The van der Waals surface area contributed by atoms with Gasteiger partial charge in [-0.3, -0.25) is 0 Å². The molecule has 0 aromatic heterocycles. The number of nitrogens with zero attached hydrogens (tertiary/aromatic N) is 3. The molecule has 2 fully saturated rings. The maximum absolute atomic E-state index is 12.3. The van der Waals surface area contributed by atoms with E-state index in [1.807, 2.05) is 4.90 Å². The van der Waals surface area contributed by atoms with Gasteiger partial charge in [-0.15, -0.1) is 0 Å². The number of unbranched alkanes of at least 4 members (excludes halogenated alkanes) is 1. The number of hydrogen-bond acceptors (Lipinski definition) is 3. The largest absolute Gasteiger partial charge is 0.338 e. The van der Waals surface area contributed by atoms with Crippen LogP contribution in [0.2, 0.25) is 0 Å². The van der Waals surface area contributed by atoms with Crippen LogP contribution < -0.4 is 5.32 Å². The third kappa shape index (κ3) is 5.64. The van der Waals surface area contributed by atoms with E-state index in [9.17, 15) is 4.79 Å². The van der Waals surface area contributed by atoms with E-state index in [4.69, 9.17) is 0 Å². The van der Waals surface area contributed by atoms with E-state index in [0.29, 0.717) is 12.0 Å². The van der Waals surface area contributed by atoms with Crippen molar-refractivity contribution >= 4 is 6.03 Å². The molecule has 0 radical (unpaired) electrons. The first-order valence-electron chi connectivity index (χ1n) is 9.61. The summed E-state index contributed by atoms with van der Waals surface area (Å²) in [6, 6.07) is 0.513. The summed E-state index contributed by atoms with van der Waals surface area (Å²) < 4.78 is 0. The number of carbonyl (C=O) groups is 1. The number of carbonyl (C=O) groups excluding carboxylic acids is 1. The molecule has 2 amide bonds. The zero-order valence-corrected chi connectivity index (χ0v) is 15.4. The molecule has 2 atom stereocenters. The summed E-state index contributed by atoms with van der Waals surface area (Å²) in [4.78, 5) is 19.4. The Hall–Kier alpha value is -0.810. The molecule has 0 saturated carbocycles. The highest BCUT2D eigenvalue weighted by Crippen LogP contribution is 2.22. The molecule has 0 aromatic rings. The summed E-state index contributed by atoms with van der Waals surface area (Å²) in [5.41, 5.74) is 0. The monoisotopic (exact) mass is 324 g/mol. The molecule has 5 nitrogen and oxygen atoms in total. The van der Waals surface area contributed by atoms with Crippen molar-refractivity contribution in [3.63, 3.8) is 0 Å². The molecule has 0 aliphatic carbocycles.